The van der Waals surface area contributed by atoms with E-state index >= 15 is 0 Å². The number of rotatable bonds is 5. The molecule has 0 bridgehead atoms. The van der Waals surface area contributed by atoms with Crippen LogP contribution in [0.1, 0.15) is 0 Å². The average Bonchev–Trinajstić information content (AvgIpc) is 3.01. The second-order valence-electron chi connectivity index (χ2n) is 5.15. The molecule has 0 radical (unpaired) electrons. The highest BCUT2D eigenvalue weighted by molar-refractivity contribution is 7.81. The van der Waals surface area contributed by atoms with Gasteiger partial charge in [0.15, 0.2) is 11.9 Å². The van der Waals surface area contributed by atoms with Gasteiger partial charge in [-0.3, -0.25) is 10.1 Å². The van der Waals surface area contributed by atoms with E-state index < -0.39 is 51.3 Å². The van der Waals surface area contributed by atoms with Crippen LogP contribution in [0, 0.1) is 15.9 Å². The highest BCUT2D eigenvalue weighted by Crippen LogP contribution is 2.35. The van der Waals surface area contributed by atoms with Gasteiger partial charge in [-0.2, -0.15) is 8.42 Å². The SMILES string of the molecule is O=[N+]([O-])c1ccc(F)cc1O[C@@H]1CO[C@H]2[C@@H]1OC[C@@H]2OS(=O)(=O)F. The summed E-state index contributed by atoms with van der Waals surface area (Å²) in [5.41, 5.74) is -0.447. The lowest BCUT2D eigenvalue weighted by Gasteiger charge is -2.17. The second kappa shape index (κ2) is 6.20. The van der Waals surface area contributed by atoms with E-state index in [0.717, 1.165) is 18.2 Å². The molecule has 0 unspecified atom stereocenters. The van der Waals surface area contributed by atoms with Gasteiger partial charge in [0.05, 0.1) is 18.1 Å². The molecule has 24 heavy (non-hydrogen) atoms. The van der Waals surface area contributed by atoms with Gasteiger partial charge in [0.25, 0.3) is 0 Å². The molecule has 2 fully saturated rings. The fraction of sp³-hybridized carbons (Fsp3) is 0.500. The van der Waals surface area contributed by atoms with Crippen LogP contribution in [-0.4, -0.2) is 51.0 Å². The van der Waals surface area contributed by atoms with Crippen molar-refractivity contribution in [2.24, 2.45) is 0 Å². The Bertz CT molecular complexity index is 757. The molecule has 4 atom stereocenters. The van der Waals surface area contributed by atoms with Crippen LogP contribution in [-0.2, 0) is 24.2 Å². The number of nitrogens with zero attached hydrogens (tertiary/aromatic N) is 1. The van der Waals surface area contributed by atoms with E-state index in [1.165, 1.54) is 0 Å². The molecular formula is C12H11F2NO8S. The first-order valence-corrected chi connectivity index (χ1v) is 8.02. The molecule has 0 N–H and O–H groups in total. The smallest absolute Gasteiger partial charge is 0.437 e. The molecule has 0 aromatic heterocycles. The summed E-state index contributed by atoms with van der Waals surface area (Å²) in [5.74, 6) is -1.05. The highest BCUT2D eigenvalue weighted by atomic mass is 32.3. The zero-order chi connectivity index (χ0) is 17.5. The standard InChI is InChI=1S/C12H11F2NO8S/c13-6-1-2-7(15(16)17)8(3-6)22-9-4-20-12-10(5-21-11(9)12)23-24(14,18)19/h1-3,9-12H,4-5H2/t9-,10+,11-,12-/m1/s1. The van der Waals surface area contributed by atoms with Gasteiger partial charge in [0.2, 0.25) is 0 Å². The summed E-state index contributed by atoms with van der Waals surface area (Å²) in [6.45, 7) is -0.376. The van der Waals surface area contributed by atoms with E-state index in [1.807, 2.05) is 0 Å². The van der Waals surface area contributed by atoms with Gasteiger partial charge in [0.1, 0.15) is 24.1 Å². The summed E-state index contributed by atoms with van der Waals surface area (Å²) in [6.07, 6.45) is -3.82. The van der Waals surface area contributed by atoms with E-state index in [9.17, 15) is 26.8 Å². The van der Waals surface area contributed by atoms with Crippen LogP contribution in [0.2, 0.25) is 0 Å². The Kier molecular flexibility index (Phi) is 4.38. The quantitative estimate of drug-likeness (QED) is 0.428. The maximum Gasteiger partial charge on any atom is 0.437 e. The minimum atomic E-state index is -5.19. The van der Waals surface area contributed by atoms with Gasteiger partial charge in [-0.25, -0.2) is 8.57 Å². The predicted molar refractivity (Wildman–Crippen MR) is 71.9 cm³/mol. The maximum absolute atomic E-state index is 13.3. The highest BCUT2D eigenvalue weighted by Gasteiger charge is 2.51. The third-order valence-electron chi connectivity index (χ3n) is 3.60. The molecule has 3 rings (SSSR count). The first-order valence-electron chi connectivity index (χ1n) is 6.71. The molecule has 1 aromatic rings. The Hall–Kier alpha value is -1.89. The van der Waals surface area contributed by atoms with Crippen molar-refractivity contribution in [2.75, 3.05) is 13.2 Å². The first kappa shape index (κ1) is 17.0. The molecule has 2 aliphatic heterocycles. The number of ether oxygens (including phenoxy) is 3. The monoisotopic (exact) mass is 367 g/mol. The van der Waals surface area contributed by atoms with E-state index in [4.69, 9.17) is 14.2 Å². The van der Waals surface area contributed by atoms with E-state index in [-0.39, 0.29) is 19.0 Å². The topological polar surface area (TPSA) is 114 Å². The molecule has 2 aliphatic rings. The molecule has 2 saturated heterocycles. The van der Waals surface area contributed by atoms with Crippen LogP contribution in [0.15, 0.2) is 18.2 Å². The summed E-state index contributed by atoms with van der Waals surface area (Å²) in [5, 5.41) is 11.0. The Balaban J connectivity index is 1.75. The molecule has 2 heterocycles. The Morgan fingerprint density at radius 1 is 1.21 bits per heavy atom. The van der Waals surface area contributed by atoms with Crippen molar-refractivity contribution in [3.63, 3.8) is 0 Å². The van der Waals surface area contributed by atoms with Crippen LogP contribution in [0.25, 0.3) is 0 Å². The van der Waals surface area contributed by atoms with Crippen LogP contribution in [0.4, 0.5) is 14.0 Å². The molecule has 0 spiro atoms. The van der Waals surface area contributed by atoms with Gasteiger partial charge in [-0.05, 0) is 6.07 Å². The van der Waals surface area contributed by atoms with E-state index in [0.29, 0.717) is 0 Å². The zero-order valence-electron chi connectivity index (χ0n) is 11.8. The van der Waals surface area contributed by atoms with Crippen molar-refractivity contribution in [3.05, 3.63) is 34.1 Å². The van der Waals surface area contributed by atoms with Gasteiger partial charge in [0, 0.05) is 12.1 Å². The second-order valence-corrected chi connectivity index (χ2v) is 6.13. The zero-order valence-corrected chi connectivity index (χ0v) is 12.6. The molecule has 132 valence electrons. The summed E-state index contributed by atoms with van der Waals surface area (Å²) >= 11 is 0. The average molecular weight is 367 g/mol. The molecule has 0 saturated carbocycles. The normalized spacial score (nSPS) is 29.4. The molecular weight excluding hydrogens is 356 g/mol. The summed E-state index contributed by atoms with van der Waals surface area (Å²) in [6, 6.07) is 2.72. The summed E-state index contributed by atoms with van der Waals surface area (Å²) < 4.78 is 67.2. The Morgan fingerprint density at radius 3 is 2.46 bits per heavy atom. The number of halogens is 2. The number of fused-ring (bicyclic) bond motifs is 1. The van der Waals surface area contributed by atoms with E-state index in [2.05, 4.69) is 4.18 Å². The van der Waals surface area contributed by atoms with Crippen molar-refractivity contribution in [1.29, 1.82) is 0 Å². The third kappa shape index (κ3) is 3.45. The fourth-order valence-corrected chi connectivity index (χ4v) is 3.12. The Morgan fingerprint density at radius 2 is 1.83 bits per heavy atom. The van der Waals surface area contributed by atoms with Gasteiger partial charge < -0.3 is 14.2 Å². The summed E-state index contributed by atoms with van der Waals surface area (Å²) in [7, 11) is -5.19. The number of hydrogen-bond acceptors (Lipinski definition) is 8. The van der Waals surface area contributed by atoms with Gasteiger partial charge in [-0.15, -0.1) is 0 Å². The lowest BCUT2D eigenvalue weighted by atomic mass is 10.1. The van der Waals surface area contributed by atoms with Crippen LogP contribution >= 0.6 is 0 Å². The van der Waals surface area contributed by atoms with Crippen molar-refractivity contribution in [1.82, 2.24) is 0 Å². The van der Waals surface area contributed by atoms with Gasteiger partial charge >= 0.3 is 16.2 Å². The number of hydrogen-bond donors (Lipinski definition) is 0. The molecule has 1 aromatic carbocycles. The third-order valence-corrected chi connectivity index (χ3v) is 4.08. The predicted octanol–water partition coefficient (Wildman–Crippen LogP) is 0.878. The minimum absolute atomic E-state index is 0.116. The van der Waals surface area contributed by atoms with Gasteiger partial charge in [-0.1, -0.05) is 3.89 Å². The summed E-state index contributed by atoms with van der Waals surface area (Å²) in [4.78, 5) is 10.2. The van der Waals surface area contributed by atoms with E-state index in [1.54, 1.807) is 0 Å². The molecule has 9 nitrogen and oxygen atoms in total. The van der Waals surface area contributed by atoms with Crippen molar-refractivity contribution < 1.29 is 40.0 Å². The lowest BCUT2D eigenvalue weighted by Crippen LogP contribution is -2.36. The largest absolute Gasteiger partial charge is 0.478 e. The molecule has 0 amide bonds. The van der Waals surface area contributed by atoms with Crippen molar-refractivity contribution in [2.45, 2.75) is 24.4 Å². The maximum atomic E-state index is 13.3. The minimum Gasteiger partial charge on any atom is -0.478 e. The Labute approximate surface area is 134 Å². The first-order chi connectivity index (χ1) is 11.2. The van der Waals surface area contributed by atoms with Crippen LogP contribution in [0.3, 0.4) is 0 Å². The fourth-order valence-electron chi connectivity index (χ4n) is 2.66. The lowest BCUT2D eigenvalue weighted by molar-refractivity contribution is -0.386. The molecule has 12 heteroatoms. The van der Waals surface area contributed by atoms with Crippen molar-refractivity contribution in [3.8, 4) is 5.75 Å². The van der Waals surface area contributed by atoms with Crippen LogP contribution < -0.4 is 4.74 Å². The van der Waals surface area contributed by atoms with Crippen molar-refractivity contribution >= 4 is 16.2 Å². The number of nitro groups is 1. The molecule has 0 aliphatic carbocycles. The number of nitro benzene ring substituents is 1. The number of benzene rings is 1. The van der Waals surface area contributed by atoms with Crippen LogP contribution in [0.5, 0.6) is 5.75 Å².